The standard InChI is InChI=1S/C22H27N3O3/c1-22(20(26)23-18-11-7-12-19(15-18)24(2)3)13-8-14-25(22)21(27)28-16-17-9-5-4-6-10-17/h4-7,9-12,15H,8,13-14,16H2,1-3H3,(H,23,26). The summed E-state index contributed by atoms with van der Waals surface area (Å²) < 4.78 is 5.46. The first-order chi connectivity index (χ1) is 13.4. The third kappa shape index (κ3) is 4.27. The van der Waals surface area contributed by atoms with Crippen molar-refractivity contribution in [3.63, 3.8) is 0 Å². The molecule has 0 aliphatic carbocycles. The normalized spacial score (nSPS) is 18.6. The van der Waals surface area contributed by atoms with Gasteiger partial charge in [0.1, 0.15) is 12.1 Å². The Morgan fingerprint density at radius 1 is 1.14 bits per heavy atom. The maximum atomic E-state index is 13.0. The zero-order valence-electron chi connectivity index (χ0n) is 16.6. The first-order valence-corrected chi connectivity index (χ1v) is 9.47. The lowest BCUT2D eigenvalue weighted by Gasteiger charge is -2.33. The zero-order chi connectivity index (χ0) is 20.1. The summed E-state index contributed by atoms with van der Waals surface area (Å²) in [4.78, 5) is 29.2. The van der Waals surface area contributed by atoms with E-state index >= 15 is 0 Å². The number of carbonyl (C=O) groups is 2. The van der Waals surface area contributed by atoms with Crippen LogP contribution in [0.25, 0.3) is 0 Å². The fourth-order valence-electron chi connectivity index (χ4n) is 3.42. The second kappa shape index (κ2) is 8.33. The van der Waals surface area contributed by atoms with Gasteiger partial charge in [-0.05, 0) is 43.5 Å². The molecule has 1 unspecified atom stereocenters. The van der Waals surface area contributed by atoms with Crippen molar-refractivity contribution in [1.29, 1.82) is 0 Å². The van der Waals surface area contributed by atoms with E-state index in [-0.39, 0.29) is 12.5 Å². The molecule has 28 heavy (non-hydrogen) atoms. The fraction of sp³-hybridized carbons (Fsp3) is 0.364. The van der Waals surface area contributed by atoms with Gasteiger partial charge in [0.25, 0.3) is 0 Å². The third-order valence-electron chi connectivity index (χ3n) is 5.18. The van der Waals surface area contributed by atoms with E-state index in [4.69, 9.17) is 4.74 Å². The van der Waals surface area contributed by atoms with Crippen LogP contribution in [-0.4, -0.2) is 43.1 Å². The van der Waals surface area contributed by atoms with Gasteiger partial charge in [-0.25, -0.2) is 4.79 Å². The Hall–Kier alpha value is -3.02. The molecule has 0 radical (unpaired) electrons. The van der Waals surface area contributed by atoms with E-state index < -0.39 is 11.6 Å². The minimum absolute atomic E-state index is 0.193. The summed E-state index contributed by atoms with van der Waals surface area (Å²) in [6.07, 6.45) is 0.912. The summed E-state index contributed by atoms with van der Waals surface area (Å²) in [5, 5.41) is 2.96. The first-order valence-electron chi connectivity index (χ1n) is 9.47. The Balaban J connectivity index is 1.67. The van der Waals surface area contributed by atoms with E-state index in [0.717, 1.165) is 17.7 Å². The lowest BCUT2D eigenvalue weighted by molar-refractivity contribution is -0.125. The van der Waals surface area contributed by atoms with E-state index in [1.165, 1.54) is 0 Å². The molecule has 2 aromatic rings. The third-order valence-corrected chi connectivity index (χ3v) is 5.18. The Kier molecular flexibility index (Phi) is 5.87. The molecule has 1 fully saturated rings. The van der Waals surface area contributed by atoms with E-state index in [2.05, 4.69) is 5.32 Å². The van der Waals surface area contributed by atoms with Crippen LogP contribution in [0.4, 0.5) is 16.2 Å². The van der Waals surface area contributed by atoms with Crippen molar-refractivity contribution in [2.75, 3.05) is 30.9 Å². The van der Waals surface area contributed by atoms with Crippen LogP contribution >= 0.6 is 0 Å². The van der Waals surface area contributed by atoms with Crippen LogP contribution in [0.2, 0.25) is 0 Å². The number of likely N-dealkylation sites (tertiary alicyclic amines) is 1. The SMILES string of the molecule is CN(C)c1cccc(NC(=O)C2(C)CCCN2C(=O)OCc2ccccc2)c1. The molecule has 0 spiro atoms. The Morgan fingerprint density at radius 3 is 2.61 bits per heavy atom. The van der Waals surface area contributed by atoms with Crippen molar-refractivity contribution in [2.45, 2.75) is 31.9 Å². The Labute approximate surface area is 166 Å². The maximum absolute atomic E-state index is 13.0. The molecule has 2 aromatic carbocycles. The van der Waals surface area contributed by atoms with Gasteiger partial charge < -0.3 is 15.0 Å². The number of nitrogens with one attached hydrogen (secondary N) is 1. The number of anilines is 2. The fourth-order valence-corrected chi connectivity index (χ4v) is 3.42. The number of amides is 2. The van der Waals surface area contributed by atoms with Gasteiger partial charge in [-0.15, -0.1) is 0 Å². The van der Waals surface area contributed by atoms with E-state index in [0.29, 0.717) is 18.7 Å². The highest BCUT2D eigenvalue weighted by atomic mass is 16.6. The highest BCUT2D eigenvalue weighted by molar-refractivity contribution is 6.00. The van der Waals surface area contributed by atoms with Gasteiger partial charge in [0.05, 0.1) is 0 Å². The molecule has 2 amide bonds. The van der Waals surface area contributed by atoms with Crippen molar-refractivity contribution < 1.29 is 14.3 Å². The summed E-state index contributed by atoms with van der Waals surface area (Å²) in [6.45, 7) is 2.50. The monoisotopic (exact) mass is 381 g/mol. The van der Waals surface area contributed by atoms with Crippen LogP contribution in [0.5, 0.6) is 0 Å². The number of rotatable bonds is 5. The van der Waals surface area contributed by atoms with Crippen LogP contribution in [0.3, 0.4) is 0 Å². The number of carbonyl (C=O) groups excluding carboxylic acids is 2. The smallest absolute Gasteiger partial charge is 0.410 e. The predicted molar refractivity (Wildman–Crippen MR) is 110 cm³/mol. The van der Waals surface area contributed by atoms with E-state index in [1.54, 1.807) is 11.8 Å². The number of hydrogen-bond donors (Lipinski definition) is 1. The largest absolute Gasteiger partial charge is 0.445 e. The van der Waals surface area contributed by atoms with Gasteiger partial charge in [-0.2, -0.15) is 0 Å². The first kappa shape index (κ1) is 19.7. The van der Waals surface area contributed by atoms with Gasteiger partial charge in [0, 0.05) is 32.0 Å². The van der Waals surface area contributed by atoms with Crippen LogP contribution in [0, 0.1) is 0 Å². The van der Waals surface area contributed by atoms with Gasteiger partial charge in [0.15, 0.2) is 0 Å². The Morgan fingerprint density at radius 2 is 1.89 bits per heavy atom. The minimum atomic E-state index is -0.929. The van der Waals surface area contributed by atoms with Gasteiger partial charge in [-0.1, -0.05) is 36.4 Å². The quantitative estimate of drug-likeness (QED) is 0.854. The summed E-state index contributed by atoms with van der Waals surface area (Å²) in [6, 6.07) is 17.2. The summed E-state index contributed by atoms with van der Waals surface area (Å²) >= 11 is 0. The van der Waals surface area contributed by atoms with Crippen LogP contribution < -0.4 is 10.2 Å². The lowest BCUT2D eigenvalue weighted by atomic mass is 9.97. The van der Waals surface area contributed by atoms with E-state index in [9.17, 15) is 9.59 Å². The van der Waals surface area contributed by atoms with Crippen molar-refractivity contribution in [3.05, 3.63) is 60.2 Å². The molecule has 1 saturated heterocycles. The lowest BCUT2D eigenvalue weighted by Crippen LogP contribution is -2.53. The molecular weight excluding hydrogens is 354 g/mol. The van der Waals surface area contributed by atoms with Crippen LogP contribution in [-0.2, 0) is 16.1 Å². The number of ether oxygens (including phenoxy) is 1. The second-order valence-corrected chi connectivity index (χ2v) is 7.47. The van der Waals surface area contributed by atoms with E-state index in [1.807, 2.05) is 73.6 Å². The molecule has 6 heteroatoms. The summed E-state index contributed by atoms with van der Waals surface area (Å²) in [5.41, 5.74) is 1.69. The van der Waals surface area contributed by atoms with Crippen molar-refractivity contribution >= 4 is 23.4 Å². The summed E-state index contributed by atoms with van der Waals surface area (Å²) in [7, 11) is 3.90. The van der Waals surface area contributed by atoms with Crippen molar-refractivity contribution in [1.82, 2.24) is 4.90 Å². The number of nitrogens with zero attached hydrogens (tertiary/aromatic N) is 2. The molecule has 1 N–H and O–H groups in total. The van der Waals surface area contributed by atoms with Gasteiger partial charge in [0.2, 0.25) is 5.91 Å². The molecule has 0 saturated carbocycles. The minimum Gasteiger partial charge on any atom is -0.445 e. The molecule has 1 aliphatic rings. The zero-order valence-corrected chi connectivity index (χ0v) is 16.6. The van der Waals surface area contributed by atoms with Gasteiger partial charge >= 0.3 is 6.09 Å². The molecular formula is C22H27N3O3. The Bertz CT molecular complexity index is 838. The van der Waals surface area contributed by atoms with Crippen LogP contribution in [0.1, 0.15) is 25.3 Å². The van der Waals surface area contributed by atoms with Crippen molar-refractivity contribution in [3.8, 4) is 0 Å². The molecule has 148 valence electrons. The maximum Gasteiger partial charge on any atom is 0.410 e. The van der Waals surface area contributed by atoms with Crippen LogP contribution in [0.15, 0.2) is 54.6 Å². The highest BCUT2D eigenvalue weighted by Crippen LogP contribution is 2.31. The molecule has 0 bridgehead atoms. The average molecular weight is 381 g/mol. The predicted octanol–water partition coefficient (Wildman–Crippen LogP) is 3.88. The van der Waals surface area contributed by atoms with Gasteiger partial charge in [-0.3, -0.25) is 9.69 Å². The topological polar surface area (TPSA) is 61.9 Å². The van der Waals surface area contributed by atoms with Crippen molar-refractivity contribution in [2.24, 2.45) is 0 Å². The summed E-state index contributed by atoms with van der Waals surface area (Å²) in [5.74, 6) is -0.197. The molecule has 1 heterocycles. The highest BCUT2D eigenvalue weighted by Gasteiger charge is 2.46. The molecule has 3 rings (SSSR count). The number of benzene rings is 2. The molecule has 1 aliphatic heterocycles. The molecule has 0 aromatic heterocycles. The average Bonchev–Trinajstić information content (AvgIpc) is 3.10. The molecule has 6 nitrogen and oxygen atoms in total. The molecule has 1 atom stereocenters. The number of hydrogen-bond acceptors (Lipinski definition) is 4. The second-order valence-electron chi connectivity index (χ2n) is 7.47.